The van der Waals surface area contributed by atoms with Gasteiger partial charge in [0, 0.05) is 6.07 Å². The lowest BCUT2D eigenvalue weighted by atomic mass is 10.3. The summed E-state index contributed by atoms with van der Waals surface area (Å²) in [5.41, 5.74) is 5.90. The van der Waals surface area contributed by atoms with E-state index in [1.165, 1.54) is 12.1 Å². The van der Waals surface area contributed by atoms with Crippen molar-refractivity contribution in [3.8, 4) is 5.75 Å². The van der Waals surface area contributed by atoms with Gasteiger partial charge in [-0.1, -0.05) is 0 Å². The van der Waals surface area contributed by atoms with Crippen LogP contribution in [0.5, 0.6) is 5.75 Å². The van der Waals surface area contributed by atoms with Crippen LogP contribution < -0.4 is 10.5 Å². The highest BCUT2D eigenvalue weighted by Gasteiger charge is 2.08. The zero-order chi connectivity index (χ0) is 12.1. The summed E-state index contributed by atoms with van der Waals surface area (Å²) in [7, 11) is 0. The second kappa shape index (κ2) is 6.06. The molecule has 90 valence electrons. The summed E-state index contributed by atoms with van der Waals surface area (Å²) in [6.45, 7) is 4.75. The molecule has 0 saturated heterocycles. The smallest absolute Gasteiger partial charge is 0.156 e. The first-order valence-corrected chi connectivity index (χ1v) is 5.79. The van der Waals surface area contributed by atoms with E-state index in [9.17, 15) is 4.39 Å². The average Bonchev–Trinajstić information content (AvgIpc) is 2.14. The predicted molar refractivity (Wildman–Crippen MR) is 65.1 cm³/mol. The molecule has 2 N–H and O–H groups in total. The van der Waals surface area contributed by atoms with Crippen molar-refractivity contribution in [2.75, 3.05) is 18.9 Å². The largest absolute Gasteiger partial charge is 0.488 e. The molecule has 1 rings (SSSR count). The maximum Gasteiger partial charge on any atom is 0.156 e. The van der Waals surface area contributed by atoms with Gasteiger partial charge in [-0.3, -0.25) is 0 Å². The van der Waals surface area contributed by atoms with E-state index in [0.29, 0.717) is 23.4 Å². The van der Waals surface area contributed by atoms with E-state index in [2.05, 4.69) is 15.9 Å². The molecular weight excluding hydrogens is 277 g/mol. The van der Waals surface area contributed by atoms with Crippen molar-refractivity contribution in [3.63, 3.8) is 0 Å². The first-order valence-electron chi connectivity index (χ1n) is 4.99. The lowest BCUT2D eigenvalue weighted by molar-refractivity contribution is 0.0552. The molecule has 0 bridgehead atoms. The highest BCUT2D eigenvalue weighted by molar-refractivity contribution is 9.10. The molecule has 0 radical (unpaired) electrons. The van der Waals surface area contributed by atoms with E-state index in [1.807, 2.05) is 13.8 Å². The minimum Gasteiger partial charge on any atom is -0.488 e. The third kappa shape index (κ3) is 3.98. The molecule has 0 amide bonds. The lowest BCUT2D eigenvalue weighted by Crippen LogP contribution is -2.12. The second-order valence-corrected chi connectivity index (χ2v) is 4.43. The molecule has 0 saturated carbocycles. The fourth-order valence-electron chi connectivity index (χ4n) is 1.16. The topological polar surface area (TPSA) is 44.5 Å². The standard InChI is InChI=1S/C11H15BrFNO2/c1-7(2)15-3-4-16-11-9(12)5-8(13)6-10(11)14/h5-7H,3-4,14H2,1-2H3. The van der Waals surface area contributed by atoms with Gasteiger partial charge in [0.25, 0.3) is 0 Å². The number of halogens is 2. The summed E-state index contributed by atoms with van der Waals surface area (Å²) in [6, 6.07) is 2.54. The molecule has 3 nitrogen and oxygen atoms in total. The molecule has 0 aromatic heterocycles. The summed E-state index contributed by atoms with van der Waals surface area (Å²) in [5, 5.41) is 0. The molecular formula is C11H15BrFNO2. The molecule has 0 aliphatic rings. The van der Waals surface area contributed by atoms with E-state index >= 15 is 0 Å². The number of hydrogen-bond acceptors (Lipinski definition) is 3. The molecule has 0 aliphatic carbocycles. The summed E-state index contributed by atoms with van der Waals surface area (Å²) >= 11 is 3.19. The number of benzene rings is 1. The molecule has 1 aromatic carbocycles. The average molecular weight is 292 g/mol. The van der Waals surface area contributed by atoms with Gasteiger partial charge in [-0.25, -0.2) is 4.39 Å². The third-order valence-corrected chi connectivity index (χ3v) is 2.41. The summed E-state index contributed by atoms with van der Waals surface area (Å²) < 4.78 is 24.1. The van der Waals surface area contributed by atoms with Gasteiger partial charge in [-0.05, 0) is 35.8 Å². The Balaban J connectivity index is 2.54. The Kier molecular flexibility index (Phi) is 5.02. The minimum atomic E-state index is -0.393. The van der Waals surface area contributed by atoms with Crippen LogP contribution in [0.25, 0.3) is 0 Å². The fraction of sp³-hybridized carbons (Fsp3) is 0.455. The highest BCUT2D eigenvalue weighted by atomic mass is 79.9. The maximum atomic E-state index is 12.9. The van der Waals surface area contributed by atoms with Crippen LogP contribution in [-0.4, -0.2) is 19.3 Å². The molecule has 0 unspecified atom stereocenters. The molecule has 0 heterocycles. The van der Waals surface area contributed by atoms with Crippen molar-refractivity contribution >= 4 is 21.6 Å². The minimum absolute atomic E-state index is 0.164. The molecule has 16 heavy (non-hydrogen) atoms. The maximum absolute atomic E-state index is 12.9. The summed E-state index contributed by atoms with van der Waals surface area (Å²) in [6.07, 6.45) is 0.164. The monoisotopic (exact) mass is 291 g/mol. The normalized spacial score (nSPS) is 10.8. The first-order chi connectivity index (χ1) is 7.50. The van der Waals surface area contributed by atoms with Crippen molar-refractivity contribution in [1.82, 2.24) is 0 Å². The summed E-state index contributed by atoms with van der Waals surface area (Å²) in [5.74, 6) is 0.0592. The van der Waals surface area contributed by atoms with Gasteiger partial charge in [0.05, 0.1) is 22.9 Å². The quantitative estimate of drug-likeness (QED) is 0.670. The SMILES string of the molecule is CC(C)OCCOc1c(N)cc(F)cc1Br. The molecule has 0 aliphatic heterocycles. The van der Waals surface area contributed by atoms with Crippen LogP contribution in [0.4, 0.5) is 10.1 Å². The van der Waals surface area contributed by atoms with Crippen molar-refractivity contribution in [3.05, 3.63) is 22.4 Å². The van der Waals surface area contributed by atoms with E-state index in [1.54, 1.807) is 0 Å². The third-order valence-electron chi connectivity index (χ3n) is 1.82. The zero-order valence-corrected chi connectivity index (χ0v) is 10.9. The van der Waals surface area contributed by atoms with Gasteiger partial charge >= 0.3 is 0 Å². The van der Waals surface area contributed by atoms with E-state index in [0.717, 1.165) is 0 Å². The molecule has 0 fully saturated rings. The molecule has 1 aromatic rings. The second-order valence-electron chi connectivity index (χ2n) is 3.57. The fourth-order valence-corrected chi connectivity index (χ4v) is 1.72. The number of ether oxygens (including phenoxy) is 2. The Morgan fingerprint density at radius 3 is 2.62 bits per heavy atom. The number of nitrogens with two attached hydrogens (primary N) is 1. The number of anilines is 1. The van der Waals surface area contributed by atoms with Gasteiger partial charge in [0.1, 0.15) is 12.4 Å². The molecule has 0 spiro atoms. The van der Waals surface area contributed by atoms with Gasteiger partial charge in [0.2, 0.25) is 0 Å². The van der Waals surface area contributed by atoms with Gasteiger partial charge in [-0.15, -0.1) is 0 Å². The van der Waals surface area contributed by atoms with Crippen molar-refractivity contribution in [2.24, 2.45) is 0 Å². The first kappa shape index (κ1) is 13.3. The van der Waals surface area contributed by atoms with Crippen LogP contribution in [-0.2, 0) is 4.74 Å². The van der Waals surface area contributed by atoms with Crippen LogP contribution in [0.3, 0.4) is 0 Å². The van der Waals surface area contributed by atoms with Crippen molar-refractivity contribution < 1.29 is 13.9 Å². The Hall–Kier alpha value is -0.810. The highest BCUT2D eigenvalue weighted by Crippen LogP contribution is 2.32. The van der Waals surface area contributed by atoms with Gasteiger partial charge in [0.15, 0.2) is 5.75 Å². The Labute approximate surface area is 103 Å². The molecule has 5 heteroatoms. The van der Waals surface area contributed by atoms with Crippen LogP contribution in [0.15, 0.2) is 16.6 Å². The Morgan fingerprint density at radius 2 is 2.06 bits per heavy atom. The Morgan fingerprint density at radius 1 is 1.38 bits per heavy atom. The lowest BCUT2D eigenvalue weighted by Gasteiger charge is -2.12. The van der Waals surface area contributed by atoms with Crippen LogP contribution in [0, 0.1) is 5.82 Å². The van der Waals surface area contributed by atoms with E-state index in [4.69, 9.17) is 15.2 Å². The number of hydrogen-bond donors (Lipinski definition) is 1. The predicted octanol–water partition coefficient (Wildman–Crippen LogP) is 2.97. The van der Waals surface area contributed by atoms with Crippen LogP contribution in [0.1, 0.15) is 13.8 Å². The molecule has 0 atom stereocenters. The van der Waals surface area contributed by atoms with Gasteiger partial charge in [-0.2, -0.15) is 0 Å². The van der Waals surface area contributed by atoms with Crippen LogP contribution >= 0.6 is 15.9 Å². The Bertz CT molecular complexity index is 335. The zero-order valence-electron chi connectivity index (χ0n) is 9.30. The number of nitrogen functional groups attached to an aromatic ring is 1. The number of rotatable bonds is 5. The summed E-state index contributed by atoms with van der Waals surface area (Å²) in [4.78, 5) is 0. The van der Waals surface area contributed by atoms with E-state index < -0.39 is 5.82 Å². The van der Waals surface area contributed by atoms with E-state index in [-0.39, 0.29) is 11.8 Å². The van der Waals surface area contributed by atoms with Crippen LogP contribution in [0.2, 0.25) is 0 Å². The van der Waals surface area contributed by atoms with Gasteiger partial charge < -0.3 is 15.2 Å². The van der Waals surface area contributed by atoms with Crippen molar-refractivity contribution in [1.29, 1.82) is 0 Å². The van der Waals surface area contributed by atoms with Crippen molar-refractivity contribution in [2.45, 2.75) is 20.0 Å².